The molecule has 0 radical (unpaired) electrons. The van der Waals surface area contributed by atoms with Gasteiger partial charge in [0.05, 0.1) is 18.8 Å². The van der Waals surface area contributed by atoms with Gasteiger partial charge in [-0.1, -0.05) is 18.2 Å². The lowest BCUT2D eigenvalue weighted by atomic mass is 9.98. The fraction of sp³-hybridized carbons (Fsp3) is 0.250. The predicted octanol–water partition coefficient (Wildman–Crippen LogP) is 3.56. The van der Waals surface area contributed by atoms with Crippen LogP contribution in [0.15, 0.2) is 36.4 Å². The van der Waals surface area contributed by atoms with E-state index in [-0.39, 0.29) is 12.0 Å². The zero-order valence-electron chi connectivity index (χ0n) is 11.4. The van der Waals surface area contributed by atoms with Crippen LogP contribution >= 0.6 is 0 Å². The first-order valence-corrected chi connectivity index (χ1v) is 6.28. The summed E-state index contributed by atoms with van der Waals surface area (Å²) in [6, 6.07) is 9.52. The Morgan fingerprint density at radius 3 is 2.35 bits per heavy atom. The molecule has 20 heavy (non-hydrogen) atoms. The van der Waals surface area contributed by atoms with E-state index >= 15 is 0 Å². The van der Waals surface area contributed by atoms with E-state index in [4.69, 9.17) is 4.74 Å². The number of rotatable bonds is 4. The van der Waals surface area contributed by atoms with Crippen LogP contribution in [0.4, 0.5) is 8.78 Å². The highest BCUT2D eigenvalue weighted by atomic mass is 19.1. The summed E-state index contributed by atoms with van der Waals surface area (Å²) >= 11 is 0. The summed E-state index contributed by atoms with van der Waals surface area (Å²) in [7, 11) is 1.56. The van der Waals surface area contributed by atoms with Crippen LogP contribution in [-0.2, 0) is 6.42 Å². The van der Waals surface area contributed by atoms with Crippen molar-refractivity contribution in [2.75, 3.05) is 7.11 Å². The van der Waals surface area contributed by atoms with Crippen LogP contribution in [0.25, 0.3) is 0 Å². The molecule has 0 amide bonds. The second-order valence-corrected chi connectivity index (χ2v) is 4.66. The molecule has 2 aromatic carbocycles. The molecule has 106 valence electrons. The largest absolute Gasteiger partial charge is 0.497 e. The molecular formula is C16H16F2O2. The van der Waals surface area contributed by atoms with Gasteiger partial charge in [0.2, 0.25) is 0 Å². The molecule has 0 saturated carbocycles. The number of benzene rings is 2. The van der Waals surface area contributed by atoms with Gasteiger partial charge in [0.25, 0.3) is 0 Å². The fourth-order valence-electron chi connectivity index (χ4n) is 2.07. The maximum absolute atomic E-state index is 13.9. The van der Waals surface area contributed by atoms with Gasteiger partial charge in [0.15, 0.2) is 0 Å². The van der Waals surface area contributed by atoms with Crippen molar-refractivity contribution in [1.29, 1.82) is 0 Å². The van der Waals surface area contributed by atoms with E-state index in [2.05, 4.69) is 0 Å². The molecular weight excluding hydrogens is 262 g/mol. The van der Waals surface area contributed by atoms with Crippen molar-refractivity contribution in [1.82, 2.24) is 0 Å². The molecule has 2 aromatic rings. The molecule has 0 spiro atoms. The summed E-state index contributed by atoms with van der Waals surface area (Å²) in [5.41, 5.74) is 0.814. The summed E-state index contributed by atoms with van der Waals surface area (Å²) in [5.74, 6) is -0.726. The van der Waals surface area contributed by atoms with E-state index in [0.29, 0.717) is 11.3 Å². The number of methoxy groups -OCH3 is 1. The molecule has 0 heterocycles. The fourth-order valence-corrected chi connectivity index (χ4v) is 2.07. The lowest BCUT2D eigenvalue weighted by Crippen LogP contribution is -2.08. The van der Waals surface area contributed by atoms with Crippen molar-refractivity contribution in [3.8, 4) is 5.75 Å². The van der Waals surface area contributed by atoms with Crippen LogP contribution < -0.4 is 4.74 Å². The third kappa shape index (κ3) is 2.96. The number of hydrogen-bond donors (Lipinski definition) is 1. The van der Waals surface area contributed by atoms with E-state index in [1.54, 1.807) is 38.3 Å². The Hall–Kier alpha value is -1.94. The number of hydrogen-bond acceptors (Lipinski definition) is 2. The van der Waals surface area contributed by atoms with Gasteiger partial charge in [-0.05, 0) is 36.2 Å². The van der Waals surface area contributed by atoms with Gasteiger partial charge in [0, 0.05) is 6.42 Å². The smallest absolute Gasteiger partial charge is 0.134 e. The van der Waals surface area contributed by atoms with E-state index in [1.807, 2.05) is 0 Å². The molecule has 0 aliphatic carbocycles. The number of ether oxygens (including phenoxy) is 1. The van der Waals surface area contributed by atoms with Gasteiger partial charge in [-0.2, -0.15) is 0 Å². The van der Waals surface area contributed by atoms with Crippen LogP contribution in [0.1, 0.15) is 22.8 Å². The summed E-state index contributed by atoms with van der Waals surface area (Å²) in [5, 5.41) is 10.1. The maximum atomic E-state index is 13.9. The van der Waals surface area contributed by atoms with Gasteiger partial charge < -0.3 is 9.84 Å². The average molecular weight is 278 g/mol. The number of aryl methyl sites for hydroxylation is 1. The molecule has 1 atom stereocenters. The Labute approximate surface area is 116 Å². The molecule has 1 N–H and O–H groups in total. The Bertz CT molecular complexity index is 594. The molecule has 0 fully saturated rings. The molecule has 0 aliphatic heterocycles. The maximum Gasteiger partial charge on any atom is 0.134 e. The Morgan fingerprint density at radius 1 is 1.10 bits per heavy atom. The standard InChI is InChI=1S/C16H16F2O2/c1-10-3-8-13(17)15(16(10)18)14(19)9-11-4-6-12(20-2)7-5-11/h3-8,14,19H,9H2,1-2H3. The van der Waals surface area contributed by atoms with Crippen molar-refractivity contribution in [3.05, 3.63) is 64.7 Å². The molecule has 0 saturated heterocycles. The zero-order chi connectivity index (χ0) is 14.7. The minimum atomic E-state index is -1.22. The Kier molecular flexibility index (Phi) is 4.35. The summed E-state index contributed by atoms with van der Waals surface area (Å²) in [6.07, 6.45) is -1.08. The summed E-state index contributed by atoms with van der Waals surface area (Å²) in [4.78, 5) is 0. The quantitative estimate of drug-likeness (QED) is 0.926. The second kappa shape index (κ2) is 6.01. The van der Waals surface area contributed by atoms with Crippen molar-refractivity contribution in [2.45, 2.75) is 19.4 Å². The molecule has 2 rings (SSSR count). The highest BCUT2D eigenvalue weighted by Gasteiger charge is 2.19. The molecule has 1 unspecified atom stereocenters. The minimum Gasteiger partial charge on any atom is -0.497 e. The van der Waals surface area contributed by atoms with Crippen LogP contribution in [-0.4, -0.2) is 12.2 Å². The van der Waals surface area contributed by atoms with Crippen molar-refractivity contribution < 1.29 is 18.6 Å². The molecule has 2 nitrogen and oxygen atoms in total. The average Bonchev–Trinajstić information content (AvgIpc) is 2.44. The van der Waals surface area contributed by atoms with E-state index < -0.39 is 17.7 Å². The summed E-state index contributed by atoms with van der Waals surface area (Å²) < 4.78 is 32.6. The molecule has 4 heteroatoms. The molecule has 0 aromatic heterocycles. The van der Waals surface area contributed by atoms with Crippen LogP contribution in [0.3, 0.4) is 0 Å². The van der Waals surface area contributed by atoms with Gasteiger partial charge in [0.1, 0.15) is 17.4 Å². The van der Waals surface area contributed by atoms with Crippen molar-refractivity contribution >= 4 is 0 Å². The minimum absolute atomic E-state index is 0.140. The first-order chi connectivity index (χ1) is 9.52. The van der Waals surface area contributed by atoms with Gasteiger partial charge in [-0.3, -0.25) is 0 Å². The monoisotopic (exact) mass is 278 g/mol. The SMILES string of the molecule is COc1ccc(CC(O)c2c(F)ccc(C)c2F)cc1. The molecule has 0 aliphatic rings. The normalized spacial score (nSPS) is 12.2. The highest BCUT2D eigenvalue weighted by Crippen LogP contribution is 2.26. The van der Waals surface area contributed by atoms with Gasteiger partial charge in [-0.15, -0.1) is 0 Å². The van der Waals surface area contributed by atoms with E-state index in [0.717, 1.165) is 5.56 Å². The second-order valence-electron chi connectivity index (χ2n) is 4.66. The summed E-state index contributed by atoms with van der Waals surface area (Å²) in [6.45, 7) is 1.54. The lowest BCUT2D eigenvalue weighted by molar-refractivity contribution is 0.168. The number of aliphatic hydroxyl groups excluding tert-OH is 1. The zero-order valence-corrected chi connectivity index (χ0v) is 11.4. The first-order valence-electron chi connectivity index (χ1n) is 6.28. The van der Waals surface area contributed by atoms with Crippen LogP contribution in [0.5, 0.6) is 5.75 Å². The third-order valence-corrected chi connectivity index (χ3v) is 3.24. The Morgan fingerprint density at radius 2 is 1.75 bits per heavy atom. The topological polar surface area (TPSA) is 29.5 Å². The van der Waals surface area contributed by atoms with Crippen molar-refractivity contribution in [3.63, 3.8) is 0 Å². The van der Waals surface area contributed by atoms with E-state index in [1.165, 1.54) is 12.1 Å². The predicted molar refractivity (Wildman–Crippen MR) is 72.8 cm³/mol. The van der Waals surface area contributed by atoms with Crippen LogP contribution in [0.2, 0.25) is 0 Å². The number of halogens is 2. The van der Waals surface area contributed by atoms with Crippen molar-refractivity contribution in [2.24, 2.45) is 0 Å². The third-order valence-electron chi connectivity index (χ3n) is 3.24. The lowest BCUT2D eigenvalue weighted by Gasteiger charge is -2.14. The number of aliphatic hydroxyl groups is 1. The molecule has 0 bridgehead atoms. The van der Waals surface area contributed by atoms with Gasteiger partial charge >= 0.3 is 0 Å². The van der Waals surface area contributed by atoms with Crippen LogP contribution in [0, 0.1) is 18.6 Å². The highest BCUT2D eigenvalue weighted by molar-refractivity contribution is 5.31. The van der Waals surface area contributed by atoms with Gasteiger partial charge in [-0.25, -0.2) is 8.78 Å². The van der Waals surface area contributed by atoms with E-state index in [9.17, 15) is 13.9 Å². The Balaban J connectivity index is 2.23. The first kappa shape index (κ1) is 14.5.